The van der Waals surface area contributed by atoms with E-state index in [4.69, 9.17) is 10.5 Å². The SMILES string of the molecule is Nc1ccc(OCCCCCCCCCCCCBr)cc1[N+](=O)[O-]. The number of unbranched alkanes of at least 4 members (excludes halogenated alkanes) is 9. The number of benzene rings is 1. The van der Waals surface area contributed by atoms with E-state index < -0.39 is 4.92 Å². The molecule has 0 bridgehead atoms. The predicted octanol–water partition coefficient (Wildman–Crippen LogP) is 5.85. The van der Waals surface area contributed by atoms with Gasteiger partial charge in [-0.1, -0.05) is 67.3 Å². The quantitative estimate of drug-likeness (QED) is 0.139. The molecule has 2 N–H and O–H groups in total. The van der Waals surface area contributed by atoms with Crippen LogP contribution >= 0.6 is 15.9 Å². The Bertz CT molecular complexity index is 483. The van der Waals surface area contributed by atoms with Crippen molar-refractivity contribution in [1.82, 2.24) is 0 Å². The molecule has 1 aromatic rings. The number of hydrogen-bond acceptors (Lipinski definition) is 4. The van der Waals surface area contributed by atoms with Gasteiger partial charge in [-0.05, 0) is 25.0 Å². The van der Waals surface area contributed by atoms with E-state index in [0.717, 1.165) is 18.2 Å². The Labute approximate surface area is 153 Å². The Morgan fingerprint density at radius 2 is 1.50 bits per heavy atom. The second-order valence-electron chi connectivity index (χ2n) is 6.05. The van der Waals surface area contributed by atoms with Crippen molar-refractivity contribution in [1.29, 1.82) is 0 Å². The third-order valence-corrected chi connectivity index (χ3v) is 4.56. The highest BCUT2D eigenvalue weighted by Crippen LogP contribution is 2.26. The number of nitrogen functional groups attached to an aromatic ring is 1. The summed E-state index contributed by atoms with van der Waals surface area (Å²) in [6.07, 6.45) is 12.6. The largest absolute Gasteiger partial charge is 0.493 e. The van der Waals surface area contributed by atoms with E-state index in [0.29, 0.717) is 12.4 Å². The highest BCUT2D eigenvalue weighted by Gasteiger charge is 2.12. The number of nitrogens with zero attached hydrogens (tertiary/aromatic N) is 1. The van der Waals surface area contributed by atoms with Gasteiger partial charge in [-0.3, -0.25) is 10.1 Å². The molecule has 0 heterocycles. The third kappa shape index (κ3) is 9.11. The van der Waals surface area contributed by atoms with Gasteiger partial charge in [-0.25, -0.2) is 0 Å². The molecule has 0 fully saturated rings. The first-order valence-corrected chi connectivity index (χ1v) is 10.00. The third-order valence-electron chi connectivity index (χ3n) is 4.00. The van der Waals surface area contributed by atoms with Crippen LogP contribution in [0.1, 0.15) is 64.2 Å². The molecule has 0 saturated carbocycles. The van der Waals surface area contributed by atoms with Crippen LogP contribution in [0.25, 0.3) is 0 Å². The summed E-state index contributed by atoms with van der Waals surface area (Å²) in [6, 6.07) is 4.59. The van der Waals surface area contributed by atoms with Crippen LogP contribution in [0.5, 0.6) is 5.75 Å². The fourth-order valence-corrected chi connectivity index (χ4v) is 2.97. The summed E-state index contributed by atoms with van der Waals surface area (Å²) in [5.41, 5.74) is 5.63. The zero-order valence-electron chi connectivity index (χ0n) is 14.3. The smallest absolute Gasteiger partial charge is 0.295 e. The summed E-state index contributed by atoms with van der Waals surface area (Å²) in [6.45, 7) is 0.591. The molecule has 0 aliphatic carbocycles. The lowest BCUT2D eigenvalue weighted by atomic mass is 10.1. The molecule has 6 heteroatoms. The number of alkyl halides is 1. The van der Waals surface area contributed by atoms with E-state index >= 15 is 0 Å². The first kappa shape index (κ1) is 20.7. The molecule has 136 valence electrons. The Hall–Kier alpha value is -1.30. The lowest BCUT2D eigenvalue weighted by Gasteiger charge is -2.07. The summed E-state index contributed by atoms with van der Waals surface area (Å²) in [5.74, 6) is 0.513. The van der Waals surface area contributed by atoms with Gasteiger partial charge in [0, 0.05) is 5.33 Å². The molecule has 0 aliphatic rings. The molecule has 0 aliphatic heterocycles. The minimum Gasteiger partial charge on any atom is -0.493 e. The van der Waals surface area contributed by atoms with E-state index in [2.05, 4.69) is 15.9 Å². The van der Waals surface area contributed by atoms with Crippen molar-refractivity contribution >= 4 is 27.3 Å². The second kappa shape index (κ2) is 13.0. The second-order valence-corrected chi connectivity index (χ2v) is 6.84. The number of nitro benzene ring substituents is 1. The molecule has 1 rings (SSSR count). The summed E-state index contributed by atoms with van der Waals surface area (Å²) in [4.78, 5) is 10.3. The summed E-state index contributed by atoms with van der Waals surface area (Å²) >= 11 is 3.46. The van der Waals surface area contributed by atoms with Crippen LogP contribution in [0, 0.1) is 10.1 Å². The van der Waals surface area contributed by atoms with E-state index in [1.54, 1.807) is 6.07 Å². The van der Waals surface area contributed by atoms with Crippen LogP contribution in [0.3, 0.4) is 0 Å². The van der Waals surface area contributed by atoms with Gasteiger partial charge >= 0.3 is 0 Å². The number of nitrogens with two attached hydrogens (primary N) is 1. The van der Waals surface area contributed by atoms with Crippen molar-refractivity contribution < 1.29 is 9.66 Å². The van der Waals surface area contributed by atoms with Gasteiger partial charge in [0.2, 0.25) is 0 Å². The van der Waals surface area contributed by atoms with Crippen molar-refractivity contribution in [3.05, 3.63) is 28.3 Å². The van der Waals surface area contributed by atoms with E-state index in [1.807, 2.05) is 0 Å². The van der Waals surface area contributed by atoms with Crippen molar-refractivity contribution in [3.63, 3.8) is 0 Å². The van der Waals surface area contributed by atoms with Crippen molar-refractivity contribution in [2.75, 3.05) is 17.7 Å². The van der Waals surface area contributed by atoms with Crippen LogP contribution < -0.4 is 10.5 Å². The van der Waals surface area contributed by atoms with Gasteiger partial charge in [-0.2, -0.15) is 0 Å². The Kier molecular flexibility index (Phi) is 11.3. The summed E-state index contributed by atoms with van der Waals surface area (Å²) < 4.78 is 5.57. The number of anilines is 1. The van der Waals surface area contributed by atoms with Crippen LogP contribution in [-0.2, 0) is 0 Å². The molecule has 24 heavy (non-hydrogen) atoms. The van der Waals surface area contributed by atoms with Crippen LogP contribution in [0.15, 0.2) is 18.2 Å². The number of rotatable bonds is 14. The number of halogens is 1. The highest BCUT2D eigenvalue weighted by molar-refractivity contribution is 9.09. The van der Waals surface area contributed by atoms with Gasteiger partial charge in [0.05, 0.1) is 17.6 Å². The molecule has 1 aromatic carbocycles. The average Bonchev–Trinajstić information content (AvgIpc) is 2.57. The Morgan fingerprint density at radius 3 is 2.04 bits per heavy atom. The maximum atomic E-state index is 10.8. The topological polar surface area (TPSA) is 78.4 Å². The van der Waals surface area contributed by atoms with Gasteiger partial charge in [-0.15, -0.1) is 0 Å². The van der Waals surface area contributed by atoms with E-state index in [1.165, 1.54) is 63.5 Å². The van der Waals surface area contributed by atoms with Crippen molar-refractivity contribution in [2.24, 2.45) is 0 Å². The standard InChI is InChI=1S/C18H29BrN2O3/c19-13-9-7-5-3-1-2-4-6-8-10-14-24-16-11-12-17(20)18(15-16)21(22)23/h11-12,15H,1-10,13-14,20H2. The molecule has 0 saturated heterocycles. The van der Waals surface area contributed by atoms with Crippen LogP contribution in [0.4, 0.5) is 11.4 Å². The maximum Gasteiger partial charge on any atom is 0.295 e. The molecule has 0 aromatic heterocycles. The predicted molar refractivity (Wildman–Crippen MR) is 103 cm³/mol. The molecule has 0 atom stereocenters. The van der Waals surface area contributed by atoms with Gasteiger partial charge in [0.25, 0.3) is 5.69 Å². The lowest BCUT2D eigenvalue weighted by molar-refractivity contribution is -0.384. The Morgan fingerprint density at radius 1 is 0.958 bits per heavy atom. The fraction of sp³-hybridized carbons (Fsp3) is 0.667. The normalized spacial score (nSPS) is 10.7. The zero-order chi connectivity index (χ0) is 17.6. The molecule has 5 nitrogen and oxygen atoms in total. The molecule has 0 radical (unpaired) electrons. The maximum absolute atomic E-state index is 10.8. The van der Waals surface area contributed by atoms with Gasteiger partial charge in [0.15, 0.2) is 0 Å². The van der Waals surface area contributed by atoms with E-state index in [-0.39, 0.29) is 11.4 Å². The number of ether oxygens (including phenoxy) is 1. The van der Waals surface area contributed by atoms with Gasteiger partial charge < -0.3 is 10.5 Å². The Balaban J connectivity index is 2.01. The summed E-state index contributed by atoms with van der Waals surface area (Å²) in [7, 11) is 0. The van der Waals surface area contributed by atoms with Crippen LogP contribution in [0.2, 0.25) is 0 Å². The minimum atomic E-state index is -0.484. The molecule has 0 amide bonds. The first-order valence-electron chi connectivity index (χ1n) is 8.88. The van der Waals surface area contributed by atoms with E-state index in [9.17, 15) is 10.1 Å². The summed E-state index contributed by atoms with van der Waals surface area (Å²) in [5, 5.41) is 11.9. The average molecular weight is 401 g/mol. The first-order chi connectivity index (χ1) is 11.6. The van der Waals surface area contributed by atoms with Crippen LogP contribution in [-0.4, -0.2) is 16.9 Å². The number of nitro groups is 1. The molecular formula is C18H29BrN2O3. The molecular weight excluding hydrogens is 372 g/mol. The fourth-order valence-electron chi connectivity index (χ4n) is 2.57. The molecule has 0 spiro atoms. The highest BCUT2D eigenvalue weighted by atomic mass is 79.9. The van der Waals surface area contributed by atoms with Crippen molar-refractivity contribution in [2.45, 2.75) is 64.2 Å². The lowest BCUT2D eigenvalue weighted by Crippen LogP contribution is -2.00. The van der Waals surface area contributed by atoms with Crippen molar-refractivity contribution in [3.8, 4) is 5.75 Å². The molecule has 0 unspecified atom stereocenters. The minimum absolute atomic E-state index is 0.0939. The zero-order valence-corrected chi connectivity index (χ0v) is 15.9. The van der Waals surface area contributed by atoms with Gasteiger partial charge in [0.1, 0.15) is 11.4 Å². The monoisotopic (exact) mass is 400 g/mol. The number of hydrogen-bond donors (Lipinski definition) is 1.